The predicted molar refractivity (Wildman–Crippen MR) is 109 cm³/mol. The Bertz CT molecular complexity index is 770. The first-order valence-corrected chi connectivity index (χ1v) is 9.04. The lowest BCUT2D eigenvalue weighted by Gasteiger charge is -2.13. The van der Waals surface area contributed by atoms with Crippen LogP contribution in [-0.4, -0.2) is 24.7 Å². The third-order valence-corrected chi connectivity index (χ3v) is 4.25. The van der Waals surface area contributed by atoms with Gasteiger partial charge in [-0.15, -0.1) is 0 Å². The standard InChI is InChI=1S/C18H19Cl2N3O2S/c1-25-16-7-6-15(20)10-13(16)11-17(24)22-23-18(26)21-9-8-12-2-4-14(19)5-3-12/h2-7,10H,8-9,11H2,1H3,(H,22,24)(H2,21,23,26). The third kappa shape index (κ3) is 6.71. The summed E-state index contributed by atoms with van der Waals surface area (Å²) in [5, 5.41) is 4.61. The third-order valence-electron chi connectivity index (χ3n) is 3.52. The van der Waals surface area contributed by atoms with Crippen molar-refractivity contribution < 1.29 is 9.53 Å². The first-order chi connectivity index (χ1) is 12.5. The number of hydrogen-bond donors (Lipinski definition) is 3. The van der Waals surface area contributed by atoms with Gasteiger partial charge < -0.3 is 10.1 Å². The fourth-order valence-corrected chi connectivity index (χ4v) is 2.72. The Hall–Kier alpha value is -2.02. The molecule has 1 amide bonds. The second-order valence-electron chi connectivity index (χ2n) is 5.44. The summed E-state index contributed by atoms with van der Waals surface area (Å²) in [7, 11) is 1.54. The molecule has 0 aliphatic rings. The Morgan fingerprint density at radius 3 is 2.46 bits per heavy atom. The highest BCUT2D eigenvalue weighted by atomic mass is 35.5. The van der Waals surface area contributed by atoms with Crippen LogP contribution in [-0.2, 0) is 17.6 Å². The number of methoxy groups -OCH3 is 1. The van der Waals surface area contributed by atoms with Gasteiger partial charge in [-0.1, -0.05) is 35.3 Å². The molecule has 0 aliphatic carbocycles. The van der Waals surface area contributed by atoms with Crippen LogP contribution in [0.3, 0.4) is 0 Å². The molecule has 2 rings (SSSR count). The fraction of sp³-hybridized carbons (Fsp3) is 0.222. The van der Waals surface area contributed by atoms with Gasteiger partial charge in [-0.2, -0.15) is 0 Å². The van der Waals surface area contributed by atoms with Gasteiger partial charge in [0.05, 0.1) is 13.5 Å². The van der Waals surface area contributed by atoms with E-state index in [4.69, 9.17) is 40.2 Å². The number of hydrogen-bond acceptors (Lipinski definition) is 3. The fourth-order valence-electron chi connectivity index (χ4n) is 2.24. The second kappa shape index (κ2) is 10.2. The summed E-state index contributed by atoms with van der Waals surface area (Å²) in [5.74, 6) is 0.348. The SMILES string of the molecule is COc1ccc(Cl)cc1CC(=O)NNC(=S)NCCc1ccc(Cl)cc1. The number of amides is 1. The zero-order valence-corrected chi connectivity index (χ0v) is 16.5. The number of thiocarbonyl (C=S) groups is 1. The maximum absolute atomic E-state index is 12.1. The van der Waals surface area contributed by atoms with E-state index in [2.05, 4.69) is 16.2 Å². The Labute approximate surface area is 168 Å². The van der Waals surface area contributed by atoms with Gasteiger partial charge in [0.15, 0.2) is 5.11 Å². The molecule has 0 saturated heterocycles. The highest BCUT2D eigenvalue weighted by Gasteiger charge is 2.09. The van der Waals surface area contributed by atoms with Gasteiger partial charge in [0.1, 0.15) is 5.75 Å². The summed E-state index contributed by atoms with van der Waals surface area (Å²) in [6.07, 6.45) is 0.900. The number of rotatable bonds is 6. The Kier molecular flexibility index (Phi) is 7.97. The largest absolute Gasteiger partial charge is 0.496 e. The molecule has 0 unspecified atom stereocenters. The summed E-state index contributed by atoms with van der Waals surface area (Å²) >= 11 is 16.9. The number of benzene rings is 2. The molecule has 0 atom stereocenters. The number of halogens is 2. The van der Waals surface area contributed by atoms with Gasteiger partial charge in [0.25, 0.3) is 0 Å². The van der Waals surface area contributed by atoms with Crippen LogP contribution in [0.4, 0.5) is 0 Å². The topological polar surface area (TPSA) is 62.4 Å². The molecule has 8 heteroatoms. The molecule has 0 spiro atoms. The Morgan fingerprint density at radius 2 is 1.77 bits per heavy atom. The van der Waals surface area contributed by atoms with Gasteiger partial charge in [-0.25, -0.2) is 0 Å². The monoisotopic (exact) mass is 411 g/mol. The molecule has 2 aromatic carbocycles. The molecular weight excluding hydrogens is 393 g/mol. The highest BCUT2D eigenvalue weighted by molar-refractivity contribution is 7.80. The average molecular weight is 412 g/mol. The normalized spacial score (nSPS) is 10.1. The highest BCUT2D eigenvalue weighted by Crippen LogP contribution is 2.22. The zero-order chi connectivity index (χ0) is 18.9. The maximum atomic E-state index is 12.1. The Morgan fingerprint density at radius 1 is 1.08 bits per heavy atom. The van der Waals surface area contributed by atoms with E-state index in [1.54, 1.807) is 25.3 Å². The summed E-state index contributed by atoms with van der Waals surface area (Å²) in [6, 6.07) is 12.7. The van der Waals surface area contributed by atoms with E-state index in [0.717, 1.165) is 12.0 Å². The number of ether oxygens (including phenoxy) is 1. The van der Waals surface area contributed by atoms with Crippen LogP contribution in [0.1, 0.15) is 11.1 Å². The smallest absolute Gasteiger partial charge is 0.242 e. The summed E-state index contributed by atoms with van der Waals surface area (Å²) < 4.78 is 5.22. The number of carbonyl (C=O) groups is 1. The van der Waals surface area contributed by atoms with E-state index in [-0.39, 0.29) is 12.3 Å². The van der Waals surface area contributed by atoms with Crippen LogP contribution < -0.4 is 20.9 Å². The predicted octanol–water partition coefficient (Wildman–Crippen LogP) is 3.28. The van der Waals surface area contributed by atoms with Gasteiger partial charge in [0.2, 0.25) is 5.91 Å². The van der Waals surface area contributed by atoms with Crippen LogP contribution >= 0.6 is 35.4 Å². The molecule has 5 nitrogen and oxygen atoms in total. The lowest BCUT2D eigenvalue weighted by Crippen LogP contribution is -2.47. The van der Waals surface area contributed by atoms with Crippen molar-refractivity contribution in [2.45, 2.75) is 12.8 Å². The minimum Gasteiger partial charge on any atom is -0.496 e. The number of carbonyl (C=O) groups excluding carboxylic acids is 1. The molecule has 0 aromatic heterocycles. The maximum Gasteiger partial charge on any atom is 0.242 e. The van der Waals surface area contributed by atoms with Gasteiger partial charge in [-0.05, 0) is 54.5 Å². The summed E-state index contributed by atoms with van der Waals surface area (Å²) in [4.78, 5) is 12.1. The van der Waals surface area contributed by atoms with Crippen LogP contribution in [0.5, 0.6) is 5.75 Å². The molecule has 0 saturated carbocycles. The molecule has 2 aromatic rings. The summed E-state index contributed by atoms with van der Waals surface area (Å²) in [6.45, 7) is 0.630. The first kappa shape index (κ1) is 20.3. The molecule has 0 aliphatic heterocycles. The summed E-state index contributed by atoms with van der Waals surface area (Å²) in [5.41, 5.74) is 7.06. The molecule has 0 bridgehead atoms. The number of nitrogens with one attached hydrogen (secondary N) is 3. The van der Waals surface area contributed by atoms with E-state index in [1.807, 2.05) is 24.3 Å². The number of hydrazine groups is 1. The van der Waals surface area contributed by atoms with Crippen molar-refractivity contribution in [2.75, 3.05) is 13.7 Å². The van der Waals surface area contributed by atoms with E-state index < -0.39 is 0 Å². The molecular formula is C18H19Cl2N3O2S. The second-order valence-corrected chi connectivity index (χ2v) is 6.72. The van der Waals surface area contributed by atoms with Crippen molar-refractivity contribution in [1.82, 2.24) is 16.2 Å². The van der Waals surface area contributed by atoms with Crippen molar-refractivity contribution in [2.24, 2.45) is 0 Å². The van der Waals surface area contributed by atoms with Gasteiger partial charge >= 0.3 is 0 Å². The van der Waals surface area contributed by atoms with Crippen LogP contribution in [0, 0.1) is 0 Å². The van der Waals surface area contributed by atoms with Crippen LogP contribution in [0.2, 0.25) is 10.0 Å². The van der Waals surface area contributed by atoms with Crippen molar-refractivity contribution in [3.63, 3.8) is 0 Å². The van der Waals surface area contributed by atoms with Gasteiger partial charge in [0, 0.05) is 22.2 Å². The van der Waals surface area contributed by atoms with Crippen molar-refractivity contribution in [1.29, 1.82) is 0 Å². The van der Waals surface area contributed by atoms with Gasteiger partial charge in [-0.3, -0.25) is 15.6 Å². The molecule has 26 heavy (non-hydrogen) atoms. The van der Waals surface area contributed by atoms with Crippen molar-refractivity contribution >= 4 is 46.4 Å². The average Bonchev–Trinajstić information content (AvgIpc) is 2.62. The lowest BCUT2D eigenvalue weighted by molar-refractivity contribution is -0.121. The molecule has 0 radical (unpaired) electrons. The molecule has 3 N–H and O–H groups in total. The van der Waals surface area contributed by atoms with Crippen molar-refractivity contribution in [3.05, 3.63) is 63.6 Å². The molecule has 0 fully saturated rings. The van der Waals surface area contributed by atoms with E-state index in [1.165, 1.54) is 0 Å². The quantitative estimate of drug-likeness (QED) is 0.502. The van der Waals surface area contributed by atoms with Crippen LogP contribution in [0.25, 0.3) is 0 Å². The zero-order valence-electron chi connectivity index (χ0n) is 14.1. The van der Waals surface area contributed by atoms with E-state index in [9.17, 15) is 4.79 Å². The Balaban J connectivity index is 1.72. The van der Waals surface area contributed by atoms with E-state index in [0.29, 0.717) is 33.0 Å². The molecule has 0 heterocycles. The van der Waals surface area contributed by atoms with E-state index >= 15 is 0 Å². The first-order valence-electron chi connectivity index (χ1n) is 7.87. The lowest BCUT2D eigenvalue weighted by atomic mass is 10.1. The minimum atomic E-state index is -0.257. The van der Waals surface area contributed by atoms with Crippen molar-refractivity contribution in [3.8, 4) is 5.75 Å². The van der Waals surface area contributed by atoms with Crippen LogP contribution in [0.15, 0.2) is 42.5 Å². The minimum absolute atomic E-state index is 0.115. The molecule has 138 valence electrons.